The molecular formula is C13H23N3O4. The third-order valence-electron chi connectivity index (χ3n) is 3.59. The van der Waals surface area contributed by atoms with Gasteiger partial charge in [0.2, 0.25) is 5.91 Å². The summed E-state index contributed by atoms with van der Waals surface area (Å²) in [6, 6.07) is -1.54. The maximum absolute atomic E-state index is 11.8. The molecule has 0 spiro atoms. The van der Waals surface area contributed by atoms with Gasteiger partial charge in [0.05, 0.1) is 0 Å². The standard InChI is InChI=1S/C13H23N3O4/c1-13(2)6-5-8(7-13)15-12(20)16-9(11(18)19)3-4-10(14)17/h8-9H,3-7H2,1-2H3,(H2,14,17)(H,18,19)(H2,15,16,20)/t8?,9-/m1/s1. The van der Waals surface area contributed by atoms with Gasteiger partial charge in [-0.05, 0) is 31.1 Å². The summed E-state index contributed by atoms with van der Waals surface area (Å²) >= 11 is 0. The van der Waals surface area contributed by atoms with E-state index in [1.165, 1.54) is 0 Å². The maximum Gasteiger partial charge on any atom is 0.326 e. The van der Waals surface area contributed by atoms with Gasteiger partial charge in [-0.2, -0.15) is 0 Å². The lowest BCUT2D eigenvalue weighted by molar-refractivity contribution is -0.139. The molecule has 0 aromatic heterocycles. The first-order chi connectivity index (χ1) is 9.19. The summed E-state index contributed by atoms with van der Waals surface area (Å²) in [5, 5.41) is 14.1. The fourth-order valence-electron chi connectivity index (χ4n) is 2.49. The van der Waals surface area contributed by atoms with E-state index < -0.39 is 23.9 Å². The van der Waals surface area contributed by atoms with Crippen LogP contribution in [0, 0.1) is 5.41 Å². The van der Waals surface area contributed by atoms with Gasteiger partial charge in [0.25, 0.3) is 0 Å². The molecule has 0 aliphatic heterocycles. The van der Waals surface area contributed by atoms with E-state index >= 15 is 0 Å². The second kappa shape index (κ2) is 6.58. The van der Waals surface area contributed by atoms with Crippen molar-refractivity contribution in [2.75, 3.05) is 0 Å². The lowest BCUT2D eigenvalue weighted by Crippen LogP contribution is -2.48. The minimum atomic E-state index is -1.17. The van der Waals surface area contributed by atoms with E-state index in [4.69, 9.17) is 10.8 Å². The molecule has 1 fully saturated rings. The second-order valence-corrected chi connectivity index (χ2v) is 6.12. The Hall–Kier alpha value is -1.79. The van der Waals surface area contributed by atoms with E-state index in [-0.39, 0.29) is 24.3 Å². The number of primary amides is 1. The fourth-order valence-corrected chi connectivity index (χ4v) is 2.49. The molecule has 1 unspecified atom stereocenters. The first-order valence-electron chi connectivity index (χ1n) is 6.78. The SMILES string of the molecule is CC1(C)CCC(NC(=O)N[C@H](CCC(N)=O)C(=O)O)C1. The van der Waals surface area contributed by atoms with Gasteiger partial charge in [-0.1, -0.05) is 13.8 Å². The highest BCUT2D eigenvalue weighted by atomic mass is 16.4. The molecule has 1 saturated carbocycles. The van der Waals surface area contributed by atoms with Gasteiger partial charge < -0.3 is 21.5 Å². The number of carbonyl (C=O) groups excluding carboxylic acids is 2. The molecular weight excluding hydrogens is 262 g/mol. The van der Waals surface area contributed by atoms with Crippen molar-refractivity contribution in [1.82, 2.24) is 10.6 Å². The van der Waals surface area contributed by atoms with Crippen molar-refractivity contribution in [3.05, 3.63) is 0 Å². The summed E-state index contributed by atoms with van der Waals surface area (Å²) in [5.41, 5.74) is 5.18. The number of nitrogens with two attached hydrogens (primary N) is 1. The van der Waals surface area contributed by atoms with Gasteiger partial charge in [0.15, 0.2) is 0 Å². The number of rotatable bonds is 6. The molecule has 2 atom stereocenters. The van der Waals surface area contributed by atoms with E-state index in [0.29, 0.717) is 0 Å². The third-order valence-corrected chi connectivity index (χ3v) is 3.59. The minimum absolute atomic E-state index is 0.00571. The lowest BCUT2D eigenvalue weighted by atomic mass is 9.92. The number of hydrogen-bond donors (Lipinski definition) is 4. The largest absolute Gasteiger partial charge is 0.480 e. The molecule has 0 aromatic rings. The number of carbonyl (C=O) groups is 3. The second-order valence-electron chi connectivity index (χ2n) is 6.12. The van der Waals surface area contributed by atoms with Gasteiger partial charge in [-0.3, -0.25) is 4.79 Å². The van der Waals surface area contributed by atoms with Gasteiger partial charge in [0.1, 0.15) is 6.04 Å². The van der Waals surface area contributed by atoms with Crippen LogP contribution in [-0.2, 0) is 9.59 Å². The normalized spacial score (nSPS) is 22.0. The van der Waals surface area contributed by atoms with Crippen LogP contribution in [0.5, 0.6) is 0 Å². The molecule has 1 aliphatic rings. The Kier molecular flexibility index (Phi) is 5.35. The fraction of sp³-hybridized carbons (Fsp3) is 0.769. The van der Waals surface area contributed by atoms with Crippen LogP contribution in [-0.4, -0.2) is 35.1 Å². The van der Waals surface area contributed by atoms with E-state index in [0.717, 1.165) is 19.3 Å². The van der Waals surface area contributed by atoms with Crippen molar-refractivity contribution in [3.63, 3.8) is 0 Å². The first-order valence-corrected chi connectivity index (χ1v) is 6.78. The molecule has 7 heteroatoms. The Bertz CT molecular complexity index is 395. The average molecular weight is 285 g/mol. The molecule has 3 amide bonds. The number of amides is 3. The molecule has 0 bridgehead atoms. The van der Waals surface area contributed by atoms with E-state index in [1.54, 1.807) is 0 Å². The van der Waals surface area contributed by atoms with Gasteiger partial charge >= 0.3 is 12.0 Å². The van der Waals surface area contributed by atoms with Crippen molar-refractivity contribution >= 4 is 17.9 Å². The number of aliphatic carboxylic acids is 1. The zero-order chi connectivity index (χ0) is 15.3. The predicted molar refractivity (Wildman–Crippen MR) is 72.9 cm³/mol. The van der Waals surface area contributed by atoms with E-state index in [1.807, 2.05) is 0 Å². The molecule has 114 valence electrons. The van der Waals surface area contributed by atoms with Crippen LogP contribution >= 0.6 is 0 Å². The number of nitrogens with one attached hydrogen (secondary N) is 2. The van der Waals surface area contributed by atoms with Crippen LogP contribution in [0.1, 0.15) is 46.0 Å². The lowest BCUT2D eigenvalue weighted by Gasteiger charge is -2.19. The van der Waals surface area contributed by atoms with E-state index in [9.17, 15) is 14.4 Å². The molecule has 20 heavy (non-hydrogen) atoms. The number of hydrogen-bond acceptors (Lipinski definition) is 3. The molecule has 0 aromatic carbocycles. The molecule has 0 heterocycles. The quantitative estimate of drug-likeness (QED) is 0.570. The summed E-state index contributed by atoms with van der Waals surface area (Å²) in [6.07, 6.45) is 2.71. The Labute approximate surface area is 118 Å². The van der Waals surface area contributed by atoms with Gasteiger partial charge in [-0.25, -0.2) is 9.59 Å². The molecule has 5 N–H and O–H groups in total. The smallest absolute Gasteiger partial charge is 0.326 e. The average Bonchev–Trinajstić information content (AvgIpc) is 2.63. The molecule has 1 rings (SSSR count). The molecule has 0 radical (unpaired) electrons. The summed E-state index contributed by atoms with van der Waals surface area (Å²) in [6.45, 7) is 4.28. The third kappa shape index (κ3) is 5.46. The van der Waals surface area contributed by atoms with Crippen molar-refractivity contribution in [3.8, 4) is 0 Å². The zero-order valence-electron chi connectivity index (χ0n) is 11.9. The summed E-state index contributed by atoms with van der Waals surface area (Å²) in [7, 11) is 0. The molecule has 1 aliphatic carbocycles. The minimum Gasteiger partial charge on any atom is -0.480 e. The Morgan fingerprint density at radius 3 is 2.50 bits per heavy atom. The van der Waals surface area contributed by atoms with Crippen LogP contribution in [0.3, 0.4) is 0 Å². The van der Waals surface area contributed by atoms with Crippen molar-refractivity contribution < 1.29 is 19.5 Å². The first kappa shape index (κ1) is 16.3. The van der Waals surface area contributed by atoms with E-state index in [2.05, 4.69) is 24.5 Å². The zero-order valence-corrected chi connectivity index (χ0v) is 11.9. The number of urea groups is 1. The van der Waals surface area contributed by atoms with Crippen molar-refractivity contribution in [2.24, 2.45) is 11.1 Å². The highest BCUT2D eigenvalue weighted by Gasteiger charge is 2.32. The van der Waals surface area contributed by atoms with Crippen LogP contribution < -0.4 is 16.4 Å². The number of carboxylic acid groups (broad SMARTS) is 1. The Morgan fingerprint density at radius 1 is 1.40 bits per heavy atom. The maximum atomic E-state index is 11.8. The van der Waals surface area contributed by atoms with Crippen molar-refractivity contribution in [1.29, 1.82) is 0 Å². The Balaban J connectivity index is 2.42. The van der Waals surface area contributed by atoms with Gasteiger partial charge in [0, 0.05) is 12.5 Å². The summed E-state index contributed by atoms with van der Waals surface area (Å²) in [4.78, 5) is 33.4. The predicted octanol–water partition coefficient (Wildman–Crippen LogP) is 0.583. The van der Waals surface area contributed by atoms with Crippen LogP contribution in [0.4, 0.5) is 4.79 Å². The molecule has 7 nitrogen and oxygen atoms in total. The monoisotopic (exact) mass is 285 g/mol. The summed E-state index contributed by atoms with van der Waals surface area (Å²) < 4.78 is 0. The highest BCUT2D eigenvalue weighted by molar-refractivity contribution is 5.83. The molecule has 0 saturated heterocycles. The van der Waals surface area contributed by atoms with Crippen LogP contribution in [0.25, 0.3) is 0 Å². The van der Waals surface area contributed by atoms with Crippen molar-refractivity contribution in [2.45, 2.75) is 58.0 Å². The Morgan fingerprint density at radius 2 is 2.05 bits per heavy atom. The number of carboxylic acids is 1. The van der Waals surface area contributed by atoms with Crippen LogP contribution in [0.2, 0.25) is 0 Å². The topological polar surface area (TPSA) is 122 Å². The highest BCUT2D eigenvalue weighted by Crippen LogP contribution is 2.36. The van der Waals surface area contributed by atoms with Gasteiger partial charge in [-0.15, -0.1) is 0 Å². The van der Waals surface area contributed by atoms with Crippen LogP contribution in [0.15, 0.2) is 0 Å². The summed E-state index contributed by atoms with van der Waals surface area (Å²) in [5.74, 6) is -1.76.